The zero-order valence-corrected chi connectivity index (χ0v) is 17.7. The standard InChI is InChI=1S/C25H22N2O5/c1-30-19-15-9-14-18(22(19)31-2)21-20-23(32-27(21)17-12-7-4-8-13-17)25(29)26(24(20)28)16-10-5-3-6-11-16/h3-15,20-21,23H,1-2H3/t20-,21-,23-/m1/s1. The van der Waals surface area contributed by atoms with Crippen molar-refractivity contribution in [1.29, 1.82) is 0 Å². The molecule has 7 heteroatoms. The van der Waals surface area contributed by atoms with Gasteiger partial charge in [0.25, 0.3) is 5.91 Å². The van der Waals surface area contributed by atoms with Crippen LogP contribution in [0.15, 0.2) is 78.9 Å². The highest BCUT2D eigenvalue weighted by Gasteiger charge is 2.60. The number of amides is 2. The van der Waals surface area contributed by atoms with Gasteiger partial charge in [-0.3, -0.25) is 14.4 Å². The van der Waals surface area contributed by atoms with Crippen molar-refractivity contribution in [2.24, 2.45) is 5.92 Å². The first kappa shape index (κ1) is 20.1. The lowest BCUT2D eigenvalue weighted by Gasteiger charge is -2.30. The maximum atomic E-state index is 13.6. The maximum absolute atomic E-state index is 13.6. The number of hydrogen-bond donors (Lipinski definition) is 0. The molecular weight excluding hydrogens is 408 g/mol. The number of ether oxygens (including phenoxy) is 2. The summed E-state index contributed by atoms with van der Waals surface area (Å²) < 4.78 is 11.1. The van der Waals surface area contributed by atoms with Crippen LogP contribution in [-0.2, 0) is 14.4 Å². The van der Waals surface area contributed by atoms with Gasteiger partial charge in [-0.25, -0.2) is 9.96 Å². The molecule has 0 aliphatic carbocycles. The fourth-order valence-corrected chi connectivity index (χ4v) is 4.51. The number of fused-ring (bicyclic) bond motifs is 1. The van der Waals surface area contributed by atoms with E-state index in [1.54, 1.807) is 49.6 Å². The molecule has 2 aliphatic rings. The Morgan fingerprint density at radius 2 is 1.41 bits per heavy atom. The summed E-state index contributed by atoms with van der Waals surface area (Å²) in [6, 6.07) is 23.3. The molecule has 3 aromatic rings. The highest BCUT2D eigenvalue weighted by Crippen LogP contribution is 2.50. The second-order valence-corrected chi connectivity index (χ2v) is 7.59. The lowest BCUT2D eigenvalue weighted by atomic mass is 9.89. The van der Waals surface area contributed by atoms with Crippen LogP contribution in [0.25, 0.3) is 0 Å². The molecule has 0 N–H and O–H groups in total. The van der Waals surface area contributed by atoms with Gasteiger partial charge in [0, 0.05) is 5.56 Å². The van der Waals surface area contributed by atoms with Crippen LogP contribution in [0, 0.1) is 5.92 Å². The number of methoxy groups -OCH3 is 2. The number of hydroxylamine groups is 1. The predicted octanol–water partition coefficient (Wildman–Crippen LogP) is 3.75. The second-order valence-electron chi connectivity index (χ2n) is 7.59. The minimum atomic E-state index is -0.941. The van der Waals surface area contributed by atoms with Crippen molar-refractivity contribution in [1.82, 2.24) is 0 Å². The minimum Gasteiger partial charge on any atom is -0.493 e. The summed E-state index contributed by atoms with van der Waals surface area (Å²) in [5.41, 5.74) is 1.98. The monoisotopic (exact) mass is 430 g/mol. The van der Waals surface area contributed by atoms with E-state index in [4.69, 9.17) is 14.3 Å². The second kappa shape index (κ2) is 8.01. The summed E-state index contributed by atoms with van der Waals surface area (Å²) in [6.07, 6.45) is -0.941. The van der Waals surface area contributed by atoms with Crippen molar-refractivity contribution in [3.05, 3.63) is 84.4 Å². The Hall–Kier alpha value is -3.84. The molecule has 0 aromatic heterocycles. The Kier molecular flexibility index (Phi) is 5.03. The van der Waals surface area contributed by atoms with Gasteiger partial charge in [0.1, 0.15) is 12.0 Å². The van der Waals surface area contributed by atoms with Crippen molar-refractivity contribution in [2.45, 2.75) is 12.1 Å². The number of para-hydroxylation sites is 3. The van der Waals surface area contributed by atoms with Crippen LogP contribution in [0.4, 0.5) is 11.4 Å². The molecule has 2 amide bonds. The van der Waals surface area contributed by atoms with Crippen molar-refractivity contribution in [3.8, 4) is 11.5 Å². The first-order valence-corrected chi connectivity index (χ1v) is 10.3. The van der Waals surface area contributed by atoms with E-state index in [1.807, 2.05) is 48.5 Å². The molecule has 0 bridgehead atoms. The molecule has 2 fully saturated rings. The minimum absolute atomic E-state index is 0.306. The van der Waals surface area contributed by atoms with Crippen LogP contribution in [0.1, 0.15) is 11.6 Å². The number of anilines is 2. The average molecular weight is 430 g/mol. The normalized spacial score (nSPS) is 22.2. The molecule has 162 valence electrons. The number of imide groups is 1. The summed E-state index contributed by atoms with van der Waals surface area (Å²) in [6.45, 7) is 0. The van der Waals surface area contributed by atoms with E-state index in [0.717, 1.165) is 5.69 Å². The SMILES string of the molecule is COc1cccc([C@@H]2[C@H]3C(=O)N(c4ccccc4)C(=O)[C@@H]3ON2c2ccccc2)c1OC. The summed E-state index contributed by atoms with van der Waals surface area (Å²) in [7, 11) is 3.12. The molecule has 3 aromatic carbocycles. The van der Waals surface area contributed by atoms with Crippen molar-refractivity contribution in [2.75, 3.05) is 24.2 Å². The lowest BCUT2D eigenvalue weighted by Crippen LogP contribution is -2.37. The molecule has 3 atom stereocenters. The van der Waals surface area contributed by atoms with Crippen molar-refractivity contribution >= 4 is 23.2 Å². The summed E-state index contributed by atoms with van der Waals surface area (Å²) in [5, 5.41) is 1.64. The lowest BCUT2D eigenvalue weighted by molar-refractivity contribution is -0.126. The molecule has 2 aliphatic heterocycles. The topological polar surface area (TPSA) is 68.3 Å². The molecule has 5 rings (SSSR count). The van der Waals surface area contributed by atoms with Crippen LogP contribution < -0.4 is 19.4 Å². The Labute approximate surface area is 185 Å². The largest absolute Gasteiger partial charge is 0.493 e. The van der Waals surface area contributed by atoms with E-state index in [2.05, 4.69) is 0 Å². The van der Waals surface area contributed by atoms with Gasteiger partial charge in [-0.2, -0.15) is 0 Å². The van der Waals surface area contributed by atoms with Gasteiger partial charge in [-0.05, 0) is 30.3 Å². The van der Waals surface area contributed by atoms with E-state index in [1.165, 1.54) is 4.90 Å². The Bertz CT molecular complexity index is 1150. The number of rotatable bonds is 5. The summed E-state index contributed by atoms with van der Waals surface area (Å²) in [5.74, 6) is -0.387. The third-order valence-corrected chi connectivity index (χ3v) is 5.89. The van der Waals surface area contributed by atoms with E-state index in [9.17, 15) is 9.59 Å². The highest BCUT2D eigenvalue weighted by molar-refractivity contribution is 6.23. The average Bonchev–Trinajstić information content (AvgIpc) is 3.35. The fraction of sp³-hybridized carbons (Fsp3) is 0.200. The quantitative estimate of drug-likeness (QED) is 0.575. The van der Waals surface area contributed by atoms with Gasteiger partial charge in [-0.1, -0.05) is 48.5 Å². The van der Waals surface area contributed by atoms with Crippen LogP contribution >= 0.6 is 0 Å². The number of carbonyl (C=O) groups excluding carboxylic acids is 2. The third kappa shape index (κ3) is 3.01. The van der Waals surface area contributed by atoms with Gasteiger partial charge in [0.2, 0.25) is 5.91 Å². The maximum Gasteiger partial charge on any atom is 0.266 e. The molecular formula is C25H22N2O5. The van der Waals surface area contributed by atoms with E-state index in [-0.39, 0.29) is 11.8 Å². The van der Waals surface area contributed by atoms with E-state index in [0.29, 0.717) is 22.7 Å². The number of carbonyl (C=O) groups is 2. The molecule has 7 nitrogen and oxygen atoms in total. The van der Waals surface area contributed by atoms with Crippen LogP contribution in [0.5, 0.6) is 11.5 Å². The first-order chi connectivity index (χ1) is 15.7. The van der Waals surface area contributed by atoms with E-state index < -0.39 is 18.1 Å². The van der Waals surface area contributed by atoms with Gasteiger partial charge in [-0.15, -0.1) is 0 Å². The summed E-state index contributed by atoms with van der Waals surface area (Å²) >= 11 is 0. The zero-order valence-electron chi connectivity index (χ0n) is 17.7. The van der Waals surface area contributed by atoms with Gasteiger partial charge >= 0.3 is 0 Å². The highest BCUT2D eigenvalue weighted by atomic mass is 16.7. The molecule has 0 saturated carbocycles. The molecule has 0 spiro atoms. The van der Waals surface area contributed by atoms with Crippen molar-refractivity contribution < 1.29 is 23.9 Å². The van der Waals surface area contributed by atoms with Gasteiger partial charge < -0.3 is 9.47 Å². The molecule has 0 unspecified atom stereocenters. The molecule has 2 heterocycles. The van der Waals surface area contributed by atoms with Crippen LogP contribution in [0.3, 0.4) is 0 Å². The Morgan fingerprint density at radius 1 is 0.750 bits per heavy atom. The third-order valence-electron chi connectivity index (χ3n) is 5.89. The zero-order chi connectivity index (χ0) is 22.2. The Morgan fingerprint density at radius 3 is 2.03 bits per heavy atom. The first-order valence-electron chi connectivity index (χ1n) is 10.3. The van der Waals surface area contributed by atoms with Gasteiger partial charge in [0.15, 0.2) is 17.6 Å². The number of benzene rings is 3. The number of nitrogens with zero attached hydrogens (tertiary/aromatic N) is 2. The predicted molar refractivity (Wildman–Crippen MR) is 119 cm³/mol. The van der Waals surface area contributed by atoms with Crippen LogP contribution in [-0.4, -0.2) is 32.1 Å². The fourth-order valence-electron chi connectivity index (χ4n) is 4.51. The van der Waals surface area contributed by atoms with Crippen LogP contribution in [0.2, 0.25) is 0 Å². The molecule has 0 radical (unpaired) electrons. The molecule has 2 saturated heterocycles. The van der Waals surface area contributed by atoms with Crippen molar-refractivity contribution in [3.63, 3.8) is 0 Å². The number of hydrogen-bond acceptors (Lipinski definition) is 6. The Balaban J connectivity index is 1.65. The van der Waals surface area contributed by atoms with Gasteiger partial charge in [0.05, 0.1) is 25.6 Å². The summed E-state index contributed by atoms with van der Waals surface area (Å²) in [4.78, 5) is 34.4. The molecule has 32 heavy (non-hydrogen) atoms. The smallest absolute Gasteiger partial charge is 0.266 e. The van der Waals surface area contributed by atoms with E-state index >= 15 is 0 Å².